The van der Waals surface area contributed by atoms with E-state index in [-0.39, 0.29) is 12.0 Å². The summed E-state index contributed by atoms with van der Waals surface area (Å²) < 4.78 is 0. The number of carbonyl (C=O) groups is 3. The first kappa shape index (κ1) is 26.5. The summed E-state index contributed by atoms with van der Waals surface area (Å²) in [6.45, 7) is 8.51. The lowest BCUT2D eigenvalue weighted by atomic mass is 10.0. The Bertz CT molecular complexity index is 425. The van der Waals surface area contributed by atoms with Crippen molar-refractivity contribution in [2.24, 2.45) is 23.3 Å². The molecule has 0 bridgehead atoms. The van der Waals surface area contributed by atoms with Gasteiger partial charge < -0.3 is 32.1 Å². The molecule has 26 heavy (non-hydrogen) atoms. The molecule has 0 aromatic carbocycles. The Labute approximate surface area is 155 Å². The van der Waals surface area contributed by atoms with Crippen molar-refractivity contribution in [1.29, 1.82) is 0 Å². The van der Waals surface area contributed by atoms with E-state index in [0.717, 1.165) is 25.8 Å². The van der Waals surface area contributed by atoms with Gasteiger partial charge in [-0.05, 0) is 37.6 Å². The van der Waals surface area contributed by atoms with E-state index >= 15 is 0 Å². The van der Waals surface area contributed by atoms with Crippen LogP contribution >= 0.6 is 0 Å². The number of hydrogen-bond acceptors (Lipinski definition) is 6. The minimum atomic E-state index is -0.913. The number of nitrogens with one attached hydrogen (secondary N) is 1. The fourth-order valence-electron chi connectivity index (χ4n) is 2.00. The first-order valence-corrected chi connectivity index (χ1v) is 8.86. The Hall–Kier alpha value is -1.71. The summed E-state index contributed by atoms with van der Waals surface area (Å²) in [6, 6.07) is -1.66. The number of carboxylic acids is 3. The van der Waals surface area contributed by atoms with Crippen molar-refractivity contribution in [3.8, 4) is 0 Å². The summed E-state index contributed by atoms with van der Waals surface area (Å²) in [7, 11) is 0. The zero-order valence-corrected chi connectivity index (χ0v) is 16.1. The quantitative estimate of drug-likeness (QED) is 0.373. The standard InChI is InChI=1S/2C6H13NO2.C5H9NO2/c1-4(2)3-5(7)6(8)9;1-3-4(2)5(7)6(8)9;7-5(8)4-2-1-3-6-4/h2*4-5H,3,7H2,1-2H3,(H,8,9);4,6H,1-3H2,(H,7,8)/t;;4-/m..0/s1. The molecule has 8 N–H and O–H groups in total. The molecule has 0 amide bonds. The second-order valence-corrected chi connectivity index (χ2v) is 6.81. The molecule has 0 spiro atoms. The van der Waals surface area contributed by atoms with Crippen molar-refractivity contribution in [2.45, 2.75) is 71.5 Å². The Morgan fingerprint density at radius 3 is 1.77 bits per heavy atom. The van der Waals surface area contributed by atoms with Crippen LogP contribution in [0.25, 0.3) is 0 Å². The summed E-state index contributed by atoms with van der Waals surface area (Å²) in [5, 5.41) is 27.9. The molecule has 0 aromatic rings. The predicted octanol–water partition coefficient (Wildman–Crippen LogP) is 0.712. The second-order valence-electron chi connectivity index (χ2n) is 6.81. The fraction of sp³-hybridized carbons (Fsp3) is 0.824. The smallest absolute Gasteiger partial charge is 0.320 e. The van der Waals surface area contributed by atoms with Crippen LogP contribution in [0.15, 0.2) is 0 Å². The maximum absolute atomic E-state index is 10.2. The highest BCUT2D eigenvalue weighted by Gasteiger charge is 2.20. The Kier molecular flexibility index (Phi) is 14.7. The lowest BCUT2D eigenvalue weighted by Crippen LogP contribution is -2.36. The van der Waals surface area contributed by atoms with Crippen molar-refractivity contribution in [2.75, 3.05) is 6.54 Å². The molecule has 9 heteroatoms. The monoisotopic (exact) mass is 377 g/mol. The number of rotatable bonds is 7. The molecule has 0 aliphatic carbocycles. The van der Waals surface area contributed by atoms with Crippen LogP contribution < -0.4 is 16.8 Å². The molecule has 0 aromatic heterocycles. The zero-order chi connectivity index (χ0) is 20.9. The molecule has 0 saturated carbocycles. The summed E-state index contributed by atoms with van der Waals surface area (Å²) >= 11 is 0. The Morgan fingerprint density at radius 1 is 1.08 bits per heavy atom. The van der Waals surface area contributed by atoms with Crippen molar-refractivity contribution in [3.05, 3.63) is 0 Å². The van der Waals surface area contributed by atoms with E-state index in [1.165, 1.54) is 0 Å². The van der Waals surface area contributed by atoms with Gasteiger partial charge in [0.25, 0.3) is 0 Å². The first-order chi connectivity index (χ1) is 11.9. The topological polar surface area (TPSA) is 176 Å². The van der Waals surface area contributed by atoms with E-state index in [2.05, 4.69) is 5.32 Å². The van der Waals surface area contributed by atoms with Crippen molar-refractivity contribution in [3.63, 3.8) is 0 Å². The highest BCUT2D eigenvalue weighted by atomic mass is 16.4. The average Bonchev–Trinajstić information content (AvgIpc) is 3.08. The third kappa shape index (κ3) is 13.6. The van der Waals surface area contributed by atoms with Gasteiger partial charge in [0.05, 0.1) is 0 Å². The van der Waals surface area contributed by atoms with E-state index < -0.39 is 30.0 Å². The molecule has 154 valence electrons. The van der Waals surface area contributed by atoms with E-state index in [4.69, 9.17) is 26.8 Å². The SMILES string of the molecule is CC(C)CC(N)C(=O)O.CCC(C)C(N)C(=O)O.O=C(O)[C@@H]1CCCN1. The van der Waals surface area contributed by atoms with E-state index in [9.17, 15) is 14.4 Å². The highest BCUT2D eigenvalue weighted by Crippen LogP contribution is 2.04. The summed E-state index contributed by atoms with van der Waals surface area (Å²) in [5.74, 6) is -2.12. The van der Waals surface area contributed by atoms with Gasteiger partial charge in [-0.1, -0.05) is 34.1 Å². The van der Waals surface area contributed by atoms with Crippen molar-refractivity contribution < 1.29 is 29.7 Å². The lowest BCUT2D eigenvalue weighted by Gasteiger charge is -2.11. The summed E-state index contributed by atoms with van der Waals surface area (Å²) in [4.78, 5) is 30.4. The zero-order valence-electron chi connectivity index (χ0n) is 16.1. The highest BCUT2D eigenvalue weighted by molar-refractivity contribution is 5.74. The van der Waals surface area contributed by atoms with Gasteiger partial charge in [-0.3, -0.25) is 14.4 Å². The molecule has 0 radical (unpaired) electrons. The molecule has 4 atom stereocenters. The molecule has 1 aliphatic heterocycles. The van der Waals surface area contributed by atoms with E-state index in [0.29, 0.717) is 12.3 Å². The molecule has 1 aliphatic rings. The third-order valence-electron chi connectivity index (χ3n) is 3.94. The van der Waals surface area contributed by atoms with Crippen LogP contribution in [0.5, 0.6) is 0 Å². The van der Waals surface area contributed by atoms with Gasteiger partial charge in [0.1, 0.15) is 18.1 Å². The van der Waals surface area contributed by atoms with Gasteiger partial charge in [-0.25, -0.2) is 0 Å². The number of hydrogen-bond donors (Lipinski definition) is 6. The van der Waals surface area contributed by atoms with Gasteiger partial charge in [-0.15, -0.1) is 0 Å². The van der Waals surface area contributed by atoms with Gasteiger partial charge >= 0.3 is 17.9 Å². The number of carboxylic acid groups (broad SMARTS) is 3. The van der Waals surface area contributed by atoms with Crippen LogP contribution in [0.3, 0.4) is 0 Å². The Balaban J connectivity index is 0. The van der Waals surface area contributed by atoms with Crippen LogP contribution in [0, 0.1) is 11.8 Å². The minimum absolute atomic E-state index is 0.0718. The molecule has 1 rings (SSSR count). The number of nitrogens with two attached hydrogens (primary N) is 2. The van der Waals surface area contributed by atoms with E-state index in [1.807, 2.05) is 27.7 Å². The normalized spacial score (nSPS) is 19.3. The Morgan fingerprint density at radius 2 is 1.62 bits per heavy atom. The maximum atomic E-state index is 10.2. The molecule has 1 heterocycles. The van der Waals surface area contributed by atoms with Crippen molar-refractivity contribution in [1.82, 2.24) is 5.32 Å². The predicted molar refractivity (Wildman–Crippen MR) is 98.8 cm³/mol. The summed E-state index contributed by atoms with van der Waals surface area (Å²) in [6.07, 6.45) is 3.15. The number of aliphatic carboxylic acids is 3. The largest absolute Gasteiger partial charge is 0.480 e. The first-order valence-electron chi connectivity index (χ1n) is 8.86. The average molecular weight is 377 g/mol. The van der Waals surface area contributed by atoms with Gasteiger partial charge in [0.2, 0.25) is 0 Å². The van der Waals surface area contributed by atoms with Gasteiger partial charge in [0, 0.05) is 0 Å². The fourth-order valence-corrected chi connectivity index (χ4v) is 2.00. The van der Waals surface area contributed by atoms with Crippen LogP contribution in [0.4, 0.5) is 0 Å². The third-order valence-corrected chi connectivity index (χ3v) is 3.94. The molecule has 3 unspecified atom stereocenters. The molecular weight excluding hydrogens is 342 g/mol. The van der Waals surface area contributed by atoms with Crippen LogP contribution in [0.2, 0.25) is 0 Å². The minimum Gasteiger partial charge on any atom is -0.480 e. The second kappa shape index (κ2) is 14.5. The van der Waals surface area contributed by atoms with Crippen LogP contribution in [-0.4, -0.2) is 57.9 Å². The molecule has 9 nitrogen and oxygen atoms in total. The lowest BCUT2D eigenvalue weighted by molar-refractivity contribution is -0.140. The molecular formula is C17H35N3O6. The van der Waals surface area contributed by atoms with Crippen LogP contribution in [0.1, 0.15) is 53.4 Å². The maximum Gasteiger partial charge on any atom is 0.320 e. The molecule has 1 saturated heterocycles. The van der Waals surface area contributed by atoms with Gasteiger partial charge in [0.15, 0.2) is 0 Å². The van der Waals surface area contributed by atoms with E-state index in [1.54, 1.807) is 0 Å². The van der Waals surface area contributed by atoms with Crippen LogP contribution in [-0.2, 0) is 14.4 Å². The van der Waals surface area contributed by atoms with Gasteiger partial charge in [-0.2, -0.15) is 0 Å². The van der Waals surface area contributed by atoms with Crippen molar-refractivity contribution >= 4 is 17.9 Å². The molecule has 1 fully saturated rings. The summed E-state index contributed by atoms with van der Waals surface area (Å²) in [5.41, 5.74) is 10.5.